The van der Waals surface area contributed by atoms with Crippen LogP contribution in [0.25, 0.3) is 11.3 Å². The van der Waals surface area contributed by atoms with E-state index < -0.39 is 11.6 Å². The molecule has 0 aliphatic carbocycles. The van der Waals surface area contributed by atoms with Gasteiger partial charge in [0.2, 0.25) is 0 Å². The molecule has 0 fully saturated rings. The van der Waals surface area contributed by atoms with Gasteiger partial charge in [0, 0.05) is 12.2 Å². The van der Waals surface area contributed by atoms with Crippen molar-refractivity contribution < 1.29 is 8.78 Å². The molecular weight excluding hydrogens is 210 g/mol. The average molecular weight is 222 g/mol. The zero-order valence-corrected chi connectivity index (χ0v) is 9.11. The molecule has 84 valence electrons. The van der Waals surface area contributed by atoms with E-state index in [-0.39, 0.29) is 11.6 Å². The van der Waals surface area contributed by atoms with Gasteiger partial charge in [-0.05, 0) is 32.0 Å². The predicted octanol–water partition coefficient (Wildman–Crippen LogP) is 3.41. The molecule has 0 saturated carbocycles. The van der Waals surface area contributed by atoms with E-state index in [0.717, 1.165) is 0 Å². The van der Waals surface area contributed by atoms with Crippen LogP contribution in [0.1, 0.15) is 19.9 Å². The van der Waals surface area contributed by atoms with Crippen LogP contribution in [0.3, 0.4) is 0 Å². The molecule has 1 aromatic heterocycles. The van der Waals surface area contributed by atoms with Crippen LogP contribution in [0.4, 0.5) is 8.78 Å². The number of aromatic nitrogens is 2. The van der Waals surface area contributed by atoms with Gasteiger partial charge in [0.25, 0.3) is 0 Å². The molecule has 4 heteroatoms. The third-order valence-corrected chi connectivity index (χ3v) is 2.36. The highest BCUT2D eigenvalue weighted by molar-refractivity contribution is 5.60. The van der Waals surface area contributed by atoms with E-state index in [4.69, 9.17) is 0 Å². The second-order valence-corrected chi connectivity index (χ2v) is 3.87. The fourth-order valence-corrected chi connectivity index (χ4v) is 1.50. The number of nitrogens with zero attached hydrogens (tertiary/aromatic N) is 2. The maximum atomic E-state index is 13.5. The third-order valence-electron chi connectivity index (χ3n) is 2.36. The minimum absolute atomic E-state index is 0.0677. The summed E-state index contributed by atoms with van der Waals surface area (Å²) in [4.78, 5) is 0. The molecule has 2 rings (SSSR count). The summed E-state index contributed by atoms with van der Waals surface area (Å²) in [6.45, 7) is 3.91. The summed E-state index contributed by atoms with van der Waals surface area (Å²) in [7, 11) is 0. The third kappa shape index (κ3) is 1.83. The maximum Gasteiger partial charge on any atom is 0.135 e. The van der Waals surface area contributed by atoms with Crippen LogP contribution < -0.4 is 0 Å². The quantitative estimate of drug-likeness (QED) is 0.761. The number of benzene rings is 1. The van der Waals surface area contributed by atoms with Crippen LogP contribution in [-0.2, 0) is 0 Å². The summed E-state index contributed by atoms with van der Waals surface area (Å²) in [6.07, 6.45) is 1.71. The zero-order valence-electron chi connectivity index (χ0n) is 9.11. The van der Waals surface area contributed by atoms with Gasteiger partial charge < -0.3 is 0 Å². The molecular formula is C12H12F2N2. The normalized spacial score (nSPS) is 11.1. The Morgan fingerprint density at radius 2 is 1.75 bits per heavy atom. The molecule has 2 nitrogen and oxygen atoms in total. The monoisotopic (exact) mass is 222 g/mol. The molecule has 16 heavy (non-hydrogen) atoms. The van der Waals surface area contributed by atoms with Gasteiger partial charge in [0.1, 0.15) is 11.6 Å². The smallest absolute Gasteiger partial charge is 0.135 e. The predicted molar refractivity (Wildman–Crippen MR) is 58.0 cm³/mol. The van der Waals surface area contributed by atoms with Crippen molar-refractivity contribution in [3.8, 4) is 11.3 Å². The Balaban J connectivity index is 2.50. The number of hydrogen-bond donors (Lipinski definition) is 0. The Morgan fingerprint density at radius 3 is 2.25 bits per heavy atom. The Bertz CT molecular complexity index is 483. The lowest BCUT2D eigenvalue weighted by Gasteiger charge is -2.04. The number of rotatable bonds is 2. The first-order valence-electron chi connectivity index (χ1n) is 5.09. The highest BCUT2D eigenvalue weighted by atomic mass is 19.1. The minimum Gasteiger partial charge on any atom is -0.270 e. The number of halogens is 2. The molecule has 0 bridgehead atoms. The summed E-state index contributed by atoms with van der Waals surface area (Å²) in [5.74, 6) is -1.18. The van der Waals surface area contributed by atoms with Crippen LogP contribution in [0.2, 0.25) is 0 Å². The Labute approximate surface area is 92.5 Å². The van der Waals surface area contributed by atoms with Crippen LogP contribution in [0, 0.1) is 11.6 Å². The topological polar surface area (TPSA) is 17.8 Å². The van der Waals surface area contributed by atoms with E-state index in [1.165, 1.54) is 18.2 Å². The summed E-state index contributed by atoms with van der Waals surface area (Å²) < 4.78 is 28.6. The molecule has 0 saturated heterocycles. The molecule has 1 heterocycles. The SMILES string of the molecule is CC(C)n1ccc(-c2c(F)cccc2F)n1. The largest absolute Gasteiger partial charge is 0.270 e. The van der Waals surface area contributed by atoms with Crippen molar-refractivity contribution in [2.45, 2.75) is 19.9 Å². The fourth-order valence-electron chi connectivity index (χ4n) is 1.50. The van der Waals surface area contributed by atoms with Crippen LogP contribution in [-0.4, -0.2) is 9.78 Å². The van der Waals surface area contributed by atoms with Gasteiger partial charge in [-0.15, -0.1) is 0 Å². The molecule has 0 N–H and O–H groups in total. The molecule has 0 aliphatic heterocycles. The summed E-state index contributed by atoms with van der Waals surface area (Å²) >= 11 is 0. The van der Waals surface area contributed by atoms with E-state index in [9.17, 15) is 8.78 Å². The van der Waals surface area contributed by atoms with E-state index in [2.05, 4.69) is 5.10 Å². The van der Waals surface area contributed by atoms with Crippen molar-refractivity contribution in [1.29, 1.82) is 0 Å². The van der Waals surface area contributed by atoms with Gasteiger partial charge in [-0.25, -0.2) is 8.78 Å². The van der Waals surface area contributed by atoms with Crippen molar-refractivity contribution in [3.05, 3.63) is 42.1 Å². The lowest BCUT2D eigenvalue weighted by Crippen LogP contribution is -2.01. The second-order valence-electron chi connectivity index (χ2n) is 3.87. The van der Waals surface area contributed by atoms with E-state index in [1.54, 1.807) is 16.9 Å². The standard InChI is InChI=1S/C12H12F2N2/c1-8(2)16-7-6-11(15-16)12-9(13)4-3-5-10(12)14/h3-8H,1-2H3. The summed E-state index contributed by atoms with van der Waals surface area (Å²) in [6, 6.07) is 5.58. The van der Waals surface area contributed by atoms with Crippen molar-refractivity contribution in [2.24, 2.45) is 0 Å². The van der Waals surface area contributed by atoms with Crippen molar-refractivity contribution in [1.82, 2.24) is 9.78 Å². The van der Waals surface area contributed by atoms with Gasteiger partial charge >= 0.3 is 0 Å². The molecule has 0 radical (unpaired) electrons. The lowest BCUT2D eigenvalue weighted by molar-refractivity contribution is 0.531. The Morgan fingerprint density at radius 1 is 1.12 bits per heavy atom. The van der Waals surface area contributed by atoms with Crippen molar-refractivity contribution >= 4 is 0 Å². The van der Waals surface area contributed by atoms with E-state index in [0.29, 0.717) is 5.69 Å². The first-order valence-corrected chi connectivity index (χ1v) is 5.09. The van der Waals surface area contributed by atoms with Crippen LogP contribution in [0.5, 0.6) is 0 Å². The van der Waals surface area contributed by atoms with Gasteiger partial charge in [0.05, 0.1) is 11.3 Å². The van der Waals surface area contributed by atoms with E-state index in [1.807, 2.05) is 13.8 Å². The summed E-state index contributed by atoms with van der Waals surface area (Å²) in [5, 5.41) is 4.14. The van der Waals surface area contributed by atoms with Gasteiger partial charge in [-0.3, -0.25) is 4.68 Å². The zero-order chi connectivity index (χ0) is 11.7. The molecule has 0 unspecified atom stereocenters. The molecule has 0 spiro atoms. The first-order chi connectivity index (χ1) is 7.59. The van der Waals surface area contributed by atoms with Gasteiger partial charge in [0.15, 0.2) is 0 Å². The highest BCUT2D eigenvalue weighted by Gasteiger charge is 2.13. The fraction of sp³-hybridized carbons (Fsp3) is 0.250. The molecule has 2 aromatic rings. The molecule has 1 aromatic carbocycles. The van der Waals surface area contributed by atoms with Crippen LogP contribution >= 0.6 is 0 Å². The Hall–Kier alpha value is -1.71. The Kier molecular flexibility index (Phi) is 2.73. The molecule has 0 amide bonds. The van der Waals surface area contributed by atoms with Gasteiger partial charge in [-0.1, -0.05) is 6.07 Å². The van der Waals surface area contributed by atoms with E-state index >= 15 is 0 Å². The van der Waals surface area contributed by atoms with Crippen molar-refractivity contribution in [3.63, 3.8) is 0 Å². The van der Waals surface area contributed by atoms with Crippen LogP contribution in [0.15, 0.2) is 30.5 Å². The number of hydrogen-bond acceptors (Lipinski definition) is 1. The first kappa shape index (κ1) is 10.8. The maximum absolute atomic E-state index is 13.5. The van der Waals surface area contributed by atoms with Crippen molar-refractivity contribution in [2.75, 3.05) is 0 Å². The summed E-state index contributed by atoms with van der Waals surface area (Å²) in [5.41, 5.74) is 0.256. The highest BCUT2D eigenvalue weighted by Crippen LogP contribution is 2.24. The molecule has 0 aliphatic rings. The second kappa shape index (κ2) is 4.04. The minimum atomic E-state index is -0.589. The van der Waals surface area contributed by atoms with Gasteiger partial charge in [-0.2, -0.15) is 5.10 Å². The lowest BCUT2D eigenvalue weighted by atomic mass is 10.1. The average Bonchev–Trinajstić information content (AvgIpc) is 2.66. The molecule has 0 atom stereocenters.